The average Bonchev–Trinajstić information content (AvgIpc) is 3.42. The second-order valence-electron chi connectivity index (χ2n) is 7.97. The van der Waals surface area contributed by atoms with Crippen LogP contribution < -0.4 is 15.4 Å². The summed E-state index contributed by atoms with van der Waals surface area (Å²) in [5.74, 6) is 0.407. The van der Waals surface area contributed by atoms with Crippen LogP contribution in [0.3, 0.4) is 0 Å². The first-order valence-corrected chi connectivity index (χ1v) is 10.2. The minimum Gasteiger partial charge on any atom is -0.495 e. The van der Waals surface area contributed by atoms with Crippen molar-refractivity contribution in [3.8, 4) is 5.75 Å². The van der Waals surface area contributed by atoms with Crippen LogP contribution in [-0.2, 0) is 9.53 Å². The van der Waals surface area contributed by atoms with Gasteiger partial charge in [-0.2, -0.15) is 0 Å². The molecule has 1 atom stereocenters. The molecule has 2 saturated heterocycles. The minimum atomic E-state index is -0.242. The van der Waals surface area contributed by atoms with Crippen LogP contribution in [0, 0.1) is 11.3 Å². The molecule has 1 saturated carbocycles. The molecule has 0 aromatic heterocycles. The monoisotopic (exact) mass is 407 g/mol. The van der Waals surface area contributed by atoms with E-state index in [0.29, 0.717) is 48.8 Å². The topological polar surface area (TPSA) is 79.9 Å². The summed E-state index contributed by atoms with van der Waals surface area (Å²) >= 11 is 6.07. The number of anilines is 1. The van der Waals surface area contributed by atoms with Crippen molar-refractivity contribution in [3.63, 3.8) is 0 Å². The summed E-state index contributed by atoms with van der Waals surface area (Å²) < 4.78 is 10.8. The summed E-state index contributed by atoms with van der Waals surface area (Å²) in [7, 11) is 1.55. The zero-order chi connectivity index (χ0) is 19.7. The first-order chi connectivity index (χ1) is 13.5. The lowest BCUT2D eigenvalue weighted by atomic mass is 9.71. The number of ether oxygens (including phenoxy) is 2. The third-order valence-electron chi connectivity index (χ3n) is 6.07. The van der Waals surface area contributed by atoms with Crippen LogP contribution in [0.5, 0.6) is 5.75 Å². The summed E-state index contributed by atoms with van der Waals surface area (Å²) in [6.45, 7) is 2.22. The number of likely N-dealkylation sites (tertiary alicyclic amines) is 1. The number of hydrogen-bond acceptors (Lipinski definition) is 4. The molecule has 3 aliphatic rings. The van der Waals surface area contributed by atoms with Crippen molar-refractivity contribution in [3.05, 3.63) is 23.2 Å². The number of rotatable bonds is 4. The number of halogens is 1. The number of carbonyl (C=O) groups excluding carboxylic acids is 2. The Morgan fingerprint density at radius 3 is 2.71 bits per heavy atom. The Hall–Kier alpha value is -1.99. The van der Waals surface area contributed by atoms with Crippen molar-refractivity contribution in [1.82, 2.24) is 10.2 Å². The fraction of sp³-hybridized carbons (Fsp3) is 0.600. The van der Waals surface area contributed by atoms with E-state index in [2.05, 4.69) is 10.6 Å². The molecule has 0 radical (unpaired) electrons. The molecule has 7 nitrogen and oxygen atoms in total. The SMILES string of the molecule is COc1ccc(Cl)cc1NC(=O)N1C[C@@H](C(=O)NC2CC2)C2(CCOCC2)C1. The molecule has 4 rings (SSSR count). The molecule has 3 fully saturated rings. The van der Waals surface area contributed by atoms with Gasteiger partial charge in [-0.3, -0.25) is 4.79 Å². The van der Waals surface area contributed by atoms with Gasteiger partial charge in [0.1, 0.15) is 5.75 Å². The van der Waals surface area contributed by atoms with Crippen molar-refractivity contribution in [2.75, 3.05) is 38.7 Å². The van der Waals surface area contributed by atoms with Crippen molar-refractivity contribution in [2.24, 2.45) is 11.3 Å². The number of carbonyl (C=O) groups is 2. The lowest BCUT2D eigenvalue weighted by Gasteiger charge is -2.37. The van der Waals surface area contributed by atoms with E-state index in [1.54, 1.807) is 30.2 Å². The first-order valence-electron chi connectivity index (χ1n) is 9.78. The second kappa shape index (κ2) is 7.79. The van der Waals surface area contributed by atoms with Gasteiger partial charge in [0.25, 0.3) is 0 Å². The second-order valence-corrected chi connectivity index (χ2v) is 8.40. The van der Waals surface area contributed by atoms with Crippen LogP contribution in [0.4, 0.5) is 10.5 Å². The Morgan fingerprint density at radius 1 is 1.29 bits per heavy atom. The Kier molecular flexibility index (Phi) is 5.38. The molecular formula is C20H26ClN3O4. The van der Waals surface area contributed by atoms with Gasteiger partial charge in [0.05, 0.1) is 18.7 Å². The van der Waals surface area contributed by atoms with Gasteiger partial charge in [-0.15, -0.1) is 0 Å². The molecule has 28 heavy (non-hydrogen) atoms. The van der Waals surface area contributed by atoms with Gasteiger partial charge in [-0.1, -0.05) is 11.6 Å². The molecule has 8 heteroatoms. The summed E-state index contributed by atoms with van der Waals surface area (Å²) in [5, 5.41) is 6.53. The Bertz CT molecular complexity index is 762. The van der Waals surface area contributed by atoms with E-state index in [4.69, 9.17) is 21.1 Å². The molecule has 3 amide bonds. The van der Waals surface area contributed by atoms with Gasteiger partial charge in [-0.25, -0.2) is 4.79 Å². The van der Waals surface area contributed by atoms with Crippen LogP contribution in [0.1, 0.15) is 25.7 Å². The third kappa shape index (κ3) is 3.91. The Labute approximate surface area is 169 Å². The molecule has 1 aliphatic carbocycles. The van der Waals surface area contributed by atoms with Crippen molar-refractivity contribution >= 4 is 29.2 Å². The maximum atomic E-state index is 13.0. The molecule has 2 N–H and O–H groups in total. The average molecular weight is 408 g/mol. The van der Waals surface area contributed by atoms with E-state index in [9.17, 15) is 9.59 Å². The van der Waals surface area contributed by atoms with Gasteiger partial charge < -0.3 is 25.0 Å². The summed E-state index contributed by atoms with van der Waals surface area (Å²) in [6, 6.07) is 5.15. The molecule has 1 aromatic rings. The van der Waals surface area contributed by atoms with Gasteiger partial charge in [0.15, 0.2) is 0 Å². The van der Waals surface area contributed by atoms with E-state index >= 15 is 0 Å². The summed E-state index contributed by atoms with van der Waals surface area (Å²) in [6.07, 6.45) is 3.68. The number of urea groups is 1. The molecule has 0 bridgehead atoms. The molecular weight excluding hydrogens is 382 g/mol. The maximum Gasteiger partial charge on any atom is 0.321 e. The zero-order valence-corrected chi connectivity index (χ0v) is 16.8. The van der Waals surface area contributed by atoms with Crippen LogP contribution >= 0.6 is 11.6 Å². The number of hydrogen-bond donors (Lipinski definition) is 2. The summed E-state index contributed by atoms with van der Waals surface area (Å²) in [5.41, 5.74) is 0.305. The van der Waals surface area contributed by atoms with Crippen molar-refractivity contribution in [1.29, 1.82) is 0 Å². The van der Waals surface area contributed by atoms with Crippen LogP contribution in [-0.4, -0.2) is 56.3 Å². The molecule has 2 heterocycles. The zero-order valence-electron chi connectivity index (χ0n) is 16.0. The predicted octanol–water partition coefficient (Wildman–Crippen LogP) is 2.89. The molecule has 0 unspecified atom stereocenters. The number of nitrogens with zero attached hydrogens (tertiary/aromatic N) is 1. The Balaban J connectivity index is 1.50. The van der Waals surface area contributed by atoms with Gasteiger partial charge >= 0.3 is 6.03 Å². The lowest BCUT2D eigenvalue weighted by Crippen LogP contribution is -2.45. The van der Waals surface area contributed by atoms with Gasteiger partial charge in [0.2, 0.25) is 5.91 Å². The van der Waals surface area contributed by atoms with Gasteiger partial charge in [0, 0.05) is 42.8 Å². The number of benzene rings is 1. The highest BCUT2D eigenvalue weighted by atomic mass is 35.5. The van der Waals surface area contributed by atoms with E-state index < -0.39 is 0 Å². The highest BCUT2D eigenvalue weighted by molar-refractivity contribution is 6.31. The highest BCUT2D eigenvalue weighted by Crippen LogP contribution is 2.45. The minimum absolute atomic E-state index is 0.0695. The number of methoxy groups -OCH3 is 1. The maximum absolute atomic E-state index is 13.0. The molecule has 1 aromatic carbocycles. The predicted molar refractivity (Wildman–Crippen MR) is 106 cm³/mol. The van der Waals surface area contributed by atoms with Crippen LogP contribution in [0.2, 0.25) is 5.02 Å². The normalized spacial score (nSPS) is 23.5. The fourth-order valence-corrected chi connectivity index (χ4v) is 4.44. The smallest absolute Gasteiger partial charge is 0.321 e. The van der Waals surface area contributed by atoms with E-state index in [-0.39, 0.29) is 23.3 Å². The largest absolute Gasteiger partial charge is 0.495 e. The number of nitrogens with one attached hydrogen (secondary N) is 2. The van der Waals surface area contributed by atoms with Crippen molar-refractivity contribution in [2.45, 2.75) is 31.7 Å². The number of amides is 3. The first kappa shape index (κ1) is 19.3. The van der Waals surface area contributed by atoms with E-state index in [1.807, 2.05) is 0 Å². The quantitative estimate of drug-likeness (QED) is 0.804. The molecule has 1 spiro atoms. The van der Waals surface area contributed by atoms with Crippen LogP contribution in [0.15, 0.2) is 18.2 Å². The van der Waals surface area contributed by atoms with Crippen LogP contribution in [0.25, 0.3) is 0 Å². The standard InChI is InChI=1S/C20H26ClN3O4/c1-27-17-5-2-13(21)10-16(17)23-19(26)24-11-15(18(25)22-14-3-4-14)20(12-24)6-8-28-9-7-20/h2,5,10,14-15H,3-4,6-9,11-12H2,1H3,(H,22,25)(H,23,26)/t15-/m0/s1. The molecule has 2 aliphatic heterocycles. The summed E-state index contributed by atoms with van der Waals surface area (Å²) in [4.78, 5) is 27.6. The molecule has 152 valence electrons. The highest BCUT2D eigenvalue weighted by Gasteiger charge is 2.52. The Morgan fingerprint density at radius 2 is 2.04 bits per heavy atom. The van der Waals surface area contributed by atoms with E-state index in [1.165, 1.54) is 0 Å². The fourth-order valence-electron chi connectivity index (χ4n) is 4.27. The van der Waals surface area contributed by atoms with Gasteiger partial charge in [-0.05, 0) is 43.9 Å². The third-order valence-corrected chi connectivity index (χ3v) is 6.30. The van der Waals surface area contributed by atoms with E-state index in [0.717, 1.165) is 25.7 Å². The van der Waals surface area contributed by atoms with Crippen molar-refractivity contribution < 1.29 is 19.1 Å². The lowest BCUT2D eigenvalue weighted by molar-refractivity contribution is -0.130.